The monoisotopic (exact) mass is 163 g/mol. The second-order valence-corrected chi connectivity index (χ2v) is 2.79. The van der Waals surface area contributed by atoms with Crippen molar-refractivity contribution in [2.75, 3.05) is 13.1 Å². The normalized spacial score (nSPS) is 8.83. The predicted molar refractivity (Wildman–Crippen MR) is 47.1 cm³/mol. The van der Waals surface area contributed by atoms with Gasteiger partial charge >= 0.3 is 18.9 Å². The molecule has 0 spiro atoms. The zero-order chi connectivity index (χ0) is 8.53. The van der Waals surface area contributed by atoms with Gasteiger partial charge in [-0.3, -0.25) is 0 Å². The van der Waals surface area contributed by atoms with Gasteiger partial charge in [0.25, 0.3) is 0 Å². The van der Waals surface area contributed by atoms with E-state index in [0.29, 0.717) is 0 Å². The summed E-state index contributed by atoms with van der Waals surface area (Å²) in [7, 11) is 0. The van der Waals surface area contributed by atoms with E-state index in [1.807, 2.05) is 6.41 Å². The quantitative estimate of drug-likeness (QED) is 0.267. The van der Waals surface area contributed by atoms with Crippen molar-refractivity contribution in [3.05, 3.63) is 0 Å². The number of hydrogen-bond acceptors (Lipinski definition) is 1. The van der Waals surface area contributed by atoms with E-state index in [2.05, 4.69) is 13.8 Å². The van der Waals surface area contributed by atoms with Gasteiger partial charge in [-0.2, -0.15) is 6.41 Å². The van der Waals surface area contributed by atoms with Crippen molar-refractivity contribution in [1.82, 2.24) is 4.90 Å². The molecule has 0 saturated heterocycles. The van der Waals surface area contributed by atoms with Gasteiger partial charge in [0.05, 0.1) is 0 Å². The molecule has 0 aromatic heterocycles. The number of nitrogens with zero attached hydrogens (tertiary/aromatic N) is 1. The smallest absolute Gasteiger partial charge is 0.520 e. The second-order valence-electron chi connectivity index (χ2n) is 2.79. The second kappa shape index (κ2) is 11.1. The fourth-order valence-corrected chi connectivity index (χ4v) is 0.901. The summed E-state index contributed by atoms with van der Waals surface area (Å²) in [4.78, 5) is 12.1. The summed E-state index contributed by atoms with van der Waals surface area (Å²) < 4.78 is 0. The van der Waals surface area contributed by atoms with E-state index in [4.69, 9.17) is 0 Å². The van der Waals surface area contributed by atoms with Crippen molar-refractivity contribution in [1.29, 1.82) is 0 Å². The molecule has 0 N–H and O–H groups in total. The minimum atomic E-state index is 0. The van der Waals surface area contributed by atoms with Crippen molar-refractivity contribution in [2.45, 2.75) is 39.5 Å². The summed E-state index contributed by atoms with van der Waals surface area (Å²) in [5.41, 5.74) is 0. The summed E-state index contributed by atoms with van der Waals surface area (Å²) in [6.45, 7) is 6.01. The Bertz CT molecular complexity index is 90.5. The molecule has 0 radical (unpaired) electrons. The first kappa shape index (κ1) is 14.6. The first-order valence-electron chi connectivity index (χ1n) is 4.47. The molecule has 0 aliphatic rings. The third-order valence-corrected chi connectivity index (χ3v) is 1.69. The van der Waals surface area contributed by atoms with Crippen molar-refractivity contribution in [3.8, 4) is 0 Å². The zero-order valence-electron chi connectivity index (χ0n) is 8.60. The molecule has 12 heavy (non-hydrogen) atoms. The average Bonchev–Trinajstić information content (AvgIpc) is 2.05. The summed E-state index contributed by atoms with van der Waals surface area (Å²) in [6, 6.07) is 0. The van der Waals surface area contributed by atoms with Crippen LogP contribution in [-0.2, 0) is 4.79 Å². The molecule has 0 heterocycles. The third-order valence-electron chi connectivity index (χ3n) is 1.69. The Morgan fingerprint density at radius 3 is 1.75 bits per heavy atom. The molecule has 0 atom stereocenters. The Balaban J connectivity index is 0. The van der Waals surface area contributed by atoms with Crippen LogP contribution >= 0.6 is 0 Å². The molecule has 66 valence electrons. The maximum Gasteiger partial charge on any atom is 1.00 e. The van der Waals surface area contributed by atoms with Crippen molar-refractivity contribution in [2.24, 2.45) is 0 Å². The molecular weight excluding hydrogens is 145 g/mol. The third kappa shape index (κ3) is 8.17. The van der Waals surface area contributed by atoms with Crippen LogP contribution in [0, 0.1) is 0 Å². The molecule has 0 rings (SSSR count). The number of hydrogen-bond donors (Lipinski definition) is 0. The summed E-state index contributed by atoms with van der Waals surface area (Å²) >= 11 is 0. The molecule has 1 amide bonds. The Labute approximate surface area is 87.9 Å². The van der Waals surface area contributed by atoms with Crippen molar-refractivity contribution in [3.63, 3.8) is 0 Å². The maximum absolute atomic E-state index is 10.3. The van der Waals surface area contributed by atoms with Gasteiger partial charge in [-0.15, -0.1) is 0 Å². The Kier molecular flexibility index (Phi) is 13.5. The Morgan fingerprint density at radius 2 is 1.50 bits per heavy atom. The molecule has 0 aromatic carbocycles. The average molecular weight is 163 g/mol. The molecule has 0 aromatic rings. The van der Waals surface area contributed by atoms with E-state index in [9.17, 15) is 4.79 Å². The van der Waals surface area contributed by atoms with Crippen molar-refractivity contribution >= 4 is 6.41 Å². The van der Waals surface area contributed by atoms with E-state index in [1.165, 1.54) is 0 Å². The number of rotatable bonds is 7. The van der Waals surface area contributed by atoms with Gasteiger partial charge in [0.1, 0.15) is 0 Å². The number of amides is 1. The van der Waals surface area contributed by atoms with Crippen LogP contribution in [0.15, 0.2) is 0 Å². The van der Waals surface area contributed by atoms with Crippen LogP contribution in [-0.4, -0.2) is 24.4 Å². The van der Waals surface area contributed by atoms with Gasteiger partial charge in [-0.05, 0) is 25.9 Å². The predicted octanol–water partition coefficient (Wildman–Crippen LogP) is -1.04. The molecule has 0 unspecified atom stereocenters. The molecule has 0 aliphatic heterocycles. The van der Waals surface area contributed by atoms with E-state index >= 15 is 0 Å². The molecular formula is C9H18LiNO. The fraction of sp³-hybridized carbons (Fsp3) is 0.889. The van der Waals surface area contributed by atoms with Crippen LogP contribution in [0.4, 0.5) is 0 Å². The first-order valence-corrected chi connectivity index (χ1v) is 4.47. The number of carbonyl (C=O) groups excluding carboxylic acids is 1. The van der Waals surface area contributed by atoms with Crippen LogP contribution in [0.2, 0.25) is 0 Å². The largest absolute Gasteiger partial charge is 1.00 e. The first-order chi connectivity index (χ1) is 5.35. The van der Waals surface area contributed by atoms with E-state index in [0.717, 1.165) is 38.8 Å². The van der Waals surface area contributed by atoms with Crippen LogP contribution in [0.1, 0.15) is 39.5 Å². The fourth-order valence-electron chi connectivity index (χ4n) is 0.901. The van der Waals surface area contributed by atoms with Gasteiger partial charge < -0.3 is 9.69 Å². The molecule has 0 bridgehead atoms. The maximum atomic E-state index is 10.3. The molecule has 0 aliphatic carbocycles. The van der Waals surface area contributed by atoms with Crippen LogP contribution in [0.3, 0.4) is 0 Å². The summed E-state index contributed by atoms with van der Waals surface area (Å²) in [5.74, 6) is 0. The standard InChI is InChI=1S/C9H18NO.Li/c1-3-5-7-10(9-11)8-6-4-2;/h3-8H2,1-2H3;/q-1;+1. The van der Waals surface area contributed by atoms with Gasteiger partial charge in [0.2, 0.25) is 0 Å². The molecule has 3 heteroatoms. The van der Waals surface area contributed by atoms with Gasteiger partial charge in [0, 0.05) is 0 Å². The topological polar surface area (TPSA) is 20.3 Å². The Hall–Kier alpha value is 0.0674. The molecule has 0 fully saturated rings. The van der Waals surface area contributed by atoms with Crippen LogP contribution in [0.25, 0.3) is 0 Å². The van der Waals surface area contributed by atoms with Gasteiger partial charge in [0.15, 0.2) is 0 Å². The van der Waals surface area contributed by atoms with E-state index in [1.54, 1.807) is 4.90 Å². The van der Waals surface area contributed by atoms with E-state index in [-0.39, 0.29) is 18.9 Å². The van der Waals surface area contributed by atoms with Crippen molar-refractivity contribution < 1.29 is 23.7 Å². The molecule has 0 saturated carbocycles. The zero-order valence-corrected chi connectivity index (χ0v) is 8.60. The minimum absolute atomic E-state index is 0. The summed E-state index contributed by atoms with van der Waals surface area (Å²) in [5, 5.41) is 0. The minimum Gasteiger partial charge on any atom is -0.520 e. The van der Waals surface area contributed by atoms with Crippen LogP contribution in [0.5, 0.6) is 0 Å². The van der Waals surface area contributed by atoms with Gasteiger partial charge in [-0.1, -0.05) is 26.7 Å². The molecule has 2 nitrogen and oxygen atoms in total. The SMILES string of the molecule is CCCCN([C-]=O)CCCC.[Li+]. The summed E-state index contributed by atoms with van der Waals surface area (Å²) in [6.07, 6.45) is 6.43. The van der Waals surface area contributed by atoms with Gasteiger partial charge in [-0.25, -0.2) is 0 Å². The van der Waals surface area contributed by atoms with E-state index < -0.39 is 0 Å². The van der Waals surface area contributed by atoms with Crippen LogP contribution < -0.4 is 18.9 Å². The number of unbranched alkanes of at least 4 members (excludes halogenated alkanes) is 2. The Morgan fingerprint density at radius 1 is 1.08 bits per heavy atom.